The van der Waals surface area contributed by atoms with Crippen molar-refractivity contribution in [2.75, 3.05) is 26.8 Å². The Bertz CT molecular complexity index is 1610. The zero-order valence-electron chi connectivity index (χ0n) is 31.8. The smallest absolute Gasteiger partial charge is 0.410 e. The molecular weight excluding hydrogens is 649 g/mol. The zero-order chi connectivity index (χ0) is 36.9. The first-order valence-electron chi connectivity index (χ1n) is 17.6. The standard InChI is InChI=1S/C40H56N2O7Si/c1-27(2)26-46-35-22-29(15-18-33(35)37(43)45-9)28-16-19-34-30(21-28)14-17-32(47-34)24-42(38(44)48-39(3,4)5)25-36(31-13-12-20-41-23-31)49-50(10,11)40(6,7)8/h12-13,15-16,18-23,27,32,36H,14,17,24-26H2,1-11H3/t32-,36-/m0/s1. The normalized spacial score (nSPS) is 15.5. The van der Waals surface area contributed by atoms with Gasteiger partial charge in [0.15, 0.2) is 8.32 Å². The summed E-state index contributed by atoms with van der Waals surface area (Å²) in [4.78, 5) is 32.3. The molecule has 272 valence electrons. The van der Waals surface area contributed by atoms with Crippen LogP contribution in [0.3, 0.4) is 0 Å². The van der Waals surface area contributed by atoms with E-state index in [-0.39, 0.29) is 17.2 Å². The molecule has 0 saturated heterocycles. The van der Waals surface area contributed by atoms with Crippen LogP contribution < -0.4 is 9.47 Å². The number of carbonyl (C=O) groups excluding carboxylic acids is 2. The van der Waals surface area contributed by atoms with E-state index in [0.717, 1.165) is 40.8 Å². The van der Waals surface area contributed by atoms with Gasteiger partial charge in [-0.3, -0.25) is 4.98 Å². The second kappa shape index (κ2) is 16.0. The highest BCUT2D eigenvalue weighted by Crippen LogP contribution is 2.40. The van der Waals surface area contributed by atoms with Crippen molar-refractivity contribution in [1.29, 1.82) is 0 Å². The summed E-state index contributed by atoms with van der Waals surface area (Å²) in [6.45, 7) is 22.0. The summed E-state index contributed by atoms with van der Waals surface area (Å²) in [5, 5.41) is -0.0225. The van der Waals surface area contributed by atoms with Gasteiger partial charge >= 0.3 is 12.1 Å². The summed E-state index contributed by atoms with van der Waals surface area (Å²) >= 11 is 0. The molecule has 2 atom stereocenters. The highest BCUT2D eigenvalue weighted by atomic mass is 28.4. The van der Waals surface area contributed by atoms with Crippen LogP contribution >= 0.6 is 0 Å². The number of esters is 1. The van der Waals surface area contributed by atoms with E-state index in [1.54, 1.807) is 17.2 Å². The summed E-state index contributed by atoms with van der Waals surface area (Å²) in [7, 11) is -0.856. The molecule has 2 heterocycles. The molecule has 0 fully saturated rings. The SMILES string of the molecule is COC(=O)c1ccc(-c2ccc3c(c2)CC[C@@H](CN(C[C@H](O[Si](C)(C)C(C)(C)C)c2cccnc2)C(=O)OC(C)(C)C)O3)cc1OCC(C)C. The largest absolute Gasteiger partial charge is 0.492 e. The number of ether oxygens (including phenoxy) is 4. The van der Waals surface area contributed by atoms with E-state index in [2.05, 4.69) is 58.8 Å². The van der Waals surface area contributed by atoms with Crippen LogP contribution in [-0.4, -0.2) is 68.8 Å². The lowest BCUT2D eigenvalue weighted by atomic mass is 9.96. The quantitative estimate of drug-likeness (QED) is 0.136. The number of aryl methyl sites for hydroxylation is 1. The number of hydrogen-bond acceptors (Lipinski definition) is 8. The Morgan fingerprint density at radius 3 is 2.34 bits per heavy atom. The monoisotopic (exact) mass is 704 g/mol. The third-order valence-electron chi connectivity index (χ3n) is 9.14. The van der Waals surface area contributed by atoms with Gasteiger partial charge in [-0.2, -0.15) is 0 Å². The number of hydrogen-bond donors (Lipinski definition) is 0. The molecule has 0 bridgehead atoms. The molecule has 10 heteroatoms. The van der Waals surface area contributed by atoms with Gasteiger partial charge in [0.05, 0.1) is 32.9 Å². The van der Waals surface area contributed by atoms with Gasteiger partial charge in [-0.1, -0.05) is 52.8 Å². The minimum Gasteiger partial charge on any atom is -0.492 e. The molecule has 0 unspecified atom stereocenters. The van der Waals surface area contributed by atoms with Crippen molar-refractivity contribution in [3.8, 4) is 22.6 Å². The first-order valence-corrected chi connectivity index (χ1v) is 20.5. The number of methoxy groups -OCH3 is 1. The second-order valence-electron chi connectivity index (χ2n) is 16.0. The van der Waals surface area contributed by atoms with Gasteiger partial charge in [0, 0.05) is 12.4 Å². The maximum Gasteiger partial charge on any atom is 0.410 e. The Morgan fingerprint density at radius 2 is 1.72 bits per heavy atom. The lowest BCUT2D eigenvalue weighted by molar-refractivity contribution is 0.00490. The van der Waals surface area contributed by atoms with E-state index in [9.17, 15) is 9.59 Å². The summed E-state index contributed by atoms with van der Waals surface area (Å²) in [6.07, 6.45) is 4.04. The van der Waals surface area contributed by atoms with Gasteiger partial charge in [-0.05, 0) is 110 Å². The van der Waals surface area contributed by atoms with Crippen LogP contribution in [0.15, 0.2) is 60.9 Å². The Labute approximate surface area is 299 Å². The molecule has 2 aromatic carbocycles. The van der Waals surface area contributed by atoms with E-state index in [1.165, 1.54) is 7.11 Å². The number of fused-ring (bicyclic) bond motifs is 1. The predicted molar refractivity (Wildman–Crippen MR) is 199 cm³/mol. The molecule has 50 heavy (non-hydrogen) atoms. The van der Waals surface area contributed by atoms with Crippen LogP contribution in [-0.2, 0) is 20.3 Å². The van der Waals surface area contributed by atoms with Crippen LogP contribution in [0.2, 0.25) is 18.1 Å². The van der Waals surface area contributed by atoms with Crippen LogP contribution in [0.25, 0.3) is 11.1 Å². The van der Waals surface area contributed by atoms with E-state index in [4.69, 9.17) is 23.4 Å². The molecule has 9 nitrogen and oxygen atoms in total. The third kappa shape index (κ3) is 10.3. The molecule has 0 radical (unpaired) electrons. The summed E-state index contributed by atoms with van der Waals surface area (Å²) < 4.78 is 30.4. The van der Waals surface area contributed by atoms with Gasteiger partial charge in [0.25, 0.3) is 0 Å². The molecule has 1 aliphatic heterocycles. The second-order valence-corrected chi connectivity index (χ2v) is 20.8. The number of carbonyl (C=O) groups is 2. The fourth-order valence-electron chi connectivity index (χ4n) is 5.41. The highest BCUT2D eigenvalue weighted by molar-refractivity contribution is 6.74. The van der Waals surface area contributed by atoms with Crippen molar-refractivity contribution in [1.82, 2.24) is 9.88 Å². The van der Waals surface area contributed by atoms with E-state index < -0.39 is 26.0 Å². The molecule has 0 aliphatic carbocycles. The fraction of sp³-hybridized carbons (Fsp3) is 0.525. The van der Waals surface area contributed by atoms with Gasteiger partial charge in [0.2, 0.25) is 0 Å². The van der Waals surface area contributed by atoms with E-state index in [0.29, 0.717) is 36.9 Å². The fourth-order valence-corrected chi connectivity index (χ4v) is 6.69. The van der Waals surface area contributed by atoms with Crippen molar-refractivity contribution >= 4 is 20.4 Å². The van der Waals surface area contributed by atoms with Crippen molar-refractivity contribution in [3.63, 3.8) is 0 Å². The zero-order valence-corrected chi connectivity index (χ0v) is 32.8. The number of benzene rings is 2. The summed E-state index contributed by atoms with van der Waals surface area (Å²) in [5.74, 6) is 1.16. The molecule has 1 amide bonds. The highest BCUT2D eigenvalue weighted by Gasteiger charge is 2.41. The van der Waals surface area contributed by atoms with Gasteiger partial charge in [-0.15, -0.1) is 0 Å². The third-order valence-corrected chi connectivity index (χ3v) is 13.6. The average molecular weight is 705 g/mol. The van der Waals surface area contributed by atoms with Crippen LogP contribution in [0.5, 0.6) is 11.5 Å². The average Bonchev–Trinajstić information content (AvgIpc) is 3.05. The Morgan fingerprint density at radius 1 is 1.02 bits per heavy atom. The van der Waals surface area contributed by atoms with Crippen molar-refractivity contribution < 1.29 is 33.0 Å². The van der Waals surface area contributed by atoms with Crippen LogP contribution in [0, 0.1) is 5.92 Å². The van der Waals surface area contributed by atoms with Crippen molar-refractivity contribution in [3.05, 3.63) is 77.6 Å². The van der Waals surface area contributed by atoms with E-state index >= 15 is 0 Å². The number of aromatic nitrogens is 1. The molecule has 4 rings (SSSR count). The first kappa shape index (κ1) is 38.9. The Kier molecular flexibility index (Phi) is 12.4. The summed E-state index contributed by atoms with van der Waals surface area (Å²) in [5.41, 5.74) is 3.67. The maximum absolute atomic E-state index is 13.8. The Balaban J connectivity index is 1.58. The molecule has 1 aliphatic rings. The van der Waals surface area contributed by atoms with Crippen LogP contribution in [0.1, 0.15) is 89.4 Å². The van der Waals surface area contributed by atoms with Gasteiger partial charge in [0.1, 0.15) is 28.8 Å². The van der Waals surface area contributed by atoms with E-state index in [1.807, 2.05) is 63.4 Å². The molecular formula is C40H56N2O7Si. The number of rotatable bonds is 12. The van der Waals surface area contributed by atoms with Crippen molar-refractivity contribution in [2.45, 2.75) is 104 Å². The molecule has 1 aromatic heterocycles. The molecule has 0 N–H and O–H groups in total. The lowest BCUT2D eigenvalue weighted by Gasteiger charge is -2.41. The summed E-state index contributed by atoms with van der Waals surface area (Å²) in [6, 6.07) is 15.6. The Hall–Kier alpha value is -3.89. The molecule has 0 saturated carbocycles. The molecule has 0 spiro atoms. The number of nitrogens with zero attached hydrogens (tertiary/aromatic N) is 2. The topological polar surface area (TPSA) is 96.4 Å². The minimum absolute atomic E-state index is 0.0225. The van der Waals surface area contributed by atoms with Crippen LogP contribution in [0.4, 0.5) is 4.79 Å². The van der Waals surface area contributed by atoms with Crippen molar-refractivity contribution in [2.24, 2.45) is 5.92 Å². The first-order chi connectivity index (χ1) is 23.4. The lowest BCUT2D eigenvalue weighted by Crippen LogP contribution is -2.48. The number of amides is 1. The maximum atomic E-state index is 13.8. The molecule has 3 aromatic rings. The van der Waals surface area contributed by atoms with Gasteiger partial charge < -0.3 is 28.3 Å². The predicted octanol–water partition coefficient (Wildman–Crippen LogP) is 9.26. The minimum atomic E-state index is -2.23. The van der Waals surface area contributed by atoms with Gasteiger partial charge in [-0.25, -0.2) is 9.59 Å². The number of pyridine rings is 1.